The number of fused-ring (bicyclic) bond motifs is 3. The first-order chi connectivity index (χ1) is 12.7. The van der Waals surface area contributed by atoms with Crippen molar-refractivity contribution in [3.63, 3.8) is 0 Å². The van der Waals surface area contributed by atoms with E-state index in [2.05, 4.69) is 0 Å². The fourth-order valence-corrected chi connectivity index (χ4v) is 4.19. The van der Waals surface area contributed by atoms with Crippen LogP contribution in [0, 0.1) is 23.7 Å². The van der Waals surface area contributed by atoms with E-state index in [4.69, 9.17) is 18.9 Å². The summed E-state index contributed by atoms with van der Waals surface area (Å²) in [7, 11) is 1.52. The molecule has 6 atom stereocenters. The second-order valence-electron chi connectivity index (χ2n) is 8.33. The van der Waals surface area contributed by atoms with Gasteiger partial charge >= 0.3 is 11.9 Å². The van der Waals surface area contributed by atoms with Crippen molar-refractivity contribution >= 4 is 17.7 Å². The summed E-state index contributed by atoms with van der Waals surface area (Å²) in [4.78, 5) is 37.5. The Morgan fingerprint density at radius 1 is 1.37 bits per heavy atom. The van der Waals surface area contributed by atoms with Crippen molar-refractivity contribution in [2.24, 2.45) is 23.7 Å². The zero-order valence-electron chi connectivity index (χ0n) is 16.5. The standard InChI is InChI=1S/C20H28O7/c1-10(2)18(22)26-15-8-20(4)16(21)7-13(27-20)11(3)6-14-17(15)12(9-24-5)19(23)25-14/h7,10-12,14-15,17H,6,8-9H2,1-5H3/t11-,12?,14+,15+,17?,20+/m0/s1. The van der Waals surface area contributed by atoms with Crippen LogP contribution < -0.4 is 0 Å². The molecular formula is C20H28O7. The molecule has 0 radical (unpaired) electrons. The predicted octanol–water partition coefficient (Wildman–Crippen LogP) is 2.03. The Labute approximate surface area is 159 Å². The quantitative estimate of drug-likeness (QED) is 0.690. The third kappa shape index (κ3) is 3.61. The van der Waals surface area contributed by atoms with E-state index in [1.165, 1.54) is 13.2 Å². The summed E-state index contributed by atoms with van der Waals surface area (Å²) in [5.74, 6) is -1.58. The molecule has 0 amide bonds. The zero-order chi connectivity index (χ0) is 19.9. The lowest BCUT2D eigenvalue weighted by atomic mass is 9.78. The monoisotopic (exact) mass is 380 g/mol. The summed E-state index contributed by atoms with van der Waals surface area (Å²) in [6.07, 6.45) is 1.11. The van der Waals surface area contributed by atoms with Crippen LogP contribution in [0.4, 0.5) is 0 Å². The molecule has 3 heterocycles. The number of hydrogen-bond donors (Lipinski definition) is 0. The van der Waals surface area contributed by atoms with Crippen molar-refractivity contribution in [1.82, 2.24) is 0 Å². The van der Waals surface area contributed by atoms with Crippen molar-refractivity contribution in [3.05, 3.63) is 11.8 Å². The van der Waals surface area contributed by atoms with Crippen LogP contribution in [-0.4, -0.2) is 49.2 Å². The van der Waals surface area contributed by atoms with E-state index in [0.29, 0.717) is 12.2 Å². The van der Waals surface area contributed by atoms with Gasteiger partial charge in [0.1, 0.15) is 18.0 Å². The second kappa shape index (κ2) is 7.26. The number of rotatable bonds is 4. The van der Waals surface area contributed by atoms with Crippen LogP contribution in [0.2, 0.25) is 0 Å². The maximum atomic E-state index is 12.6. The molecule has 150 valence electrons. The Morgan fingerprint density at radius 3 is 2.70 bits per heavy atom. The molecule has 0 aromatic heterocycles. The first-order valence-electron chi connectivity index (χ1n) is 9.51. The Hall–Kier alpha value is -1.89. The summed E-state index contributed by atoms with van der Waals surface area (Å²) in [5, 5.41) is 0. The highest BCUT2D eigenvalue weighted by Crippen LogP contribution is 2.45. The van der Waals surface area contributed by atoms with Crippen LogP contribution in [0.5, 0.6) is 0 Å². The molecule has 3 rings (SSSR count). The minimum absolute atomic E-state index is 0.0862. The summed E-state index contributed by atoms with van der Waals surface area (Å²) >= 11 is 0. The van der Waals surface area contributed by atoms with Crippen LogP contribution in [0.1, 0.15) is 40.5 Å². The number of esters is 2. The van der Waals surface area contributed by atoms with Gasteiger partial charge in [-0.2, -0.15) is 0 Å². The average Bonchev–Trinajstić information content (AvgIpc) is 3.05. The zero-order valence-corrected chi connectivity index (χ0v) is 16.5. The van der Waals surface area contributed by atoms with Crippen LogP contribution in [0.25, 0.3) is 0 Å². The molecule has 0 N–H and O–H groups in total. The fraction of sp³-hybridized carbons (Fsp3) is 0.750. The number of ether oxygens (including phenoxy) is 4. The van der Waals surface area contributed by atoms with Crippen molar-refractivity contribution in [2.75, 3.05) is 13.7 Å². The van der Waals surface area contributed by atoms with Crippen LogP contribution >= 0.6 is 0 Å². The largest absolute Gasteiger partial charge is 0.483 e. The maximum Gasteiger partial charge on any atom is 0.312 e. The highest BCUT2D eigenvalue weighted by Gasteiger charge is 2.55. The number of carbonyl (C=O) groups excluding carboxylic acids is 3. The lowest BCUT2D eigenvalue weighted by Gasteiger charge is -2.33. The highest BCUT2D eigenvalue weighted by atomic mass is 16.6. The molecule has 0 saturated carbocycles. The molecule has 7 heteroatoms. The van der Waals surface area contributed by atoms with Gasteiger partial charge < -0.3 is 18.9 Å². The highest BCUT2D eigenvalue weighted by molar-refractivity contribution is 5.99. The number of carbonyl (C=O) groups is 3. The topological polar surface area (TPSA) is 88.1 Å². The van der Waals surface area contributed by atoms with E-state index in [-0.39, 0.29) is 48.5 Å². The lowest BCUT2D eigenvalue weighted by Crippen LogP contribution is -2.45. The van der Waals surface area contributed by atoms with E-state index in [0.717, 1.165) is 0 Å². The van der Waals surface area contributed by atoms with E-state index < -0.39 is 23.7 Å². The molecule has 0 spiro atoms. The van der Waals surface area contributed by atoms with Gasteiger partial charge in [-0.05, 0) is 13.3 Å². The number of methoxy groups -OCH3 is 1. The molecule has 2 bridgehead atoms. The molecule has 2 fully saturated rings. The van der Waals surface area contributed by atoms with Crippen LogP contribution in [0.15, 0.2) is 11.8 Å². The number of hydrogen-bond acceptors (Lipinski definition) is 7. The Morgan fingerprint density at radius 2 is 2.07 bits per heavy atom. The average molecular weight is 380 g/mol. The van der Waals surface area contributed by atoms with Crippen molar-refractivity contribution in [1.29, 1.82) is 0 Å². The Bertz CT molecular complexity index is 667. The van der Waals surface area contributed by atoms with E-state index in [9.17, 15) is 14.4 Å². The Balaban J connectivity index is 2.00. The van der Waals surface area contributed by atoms with E-state index >= 15 is 0 Å². The van der Waals surface area contributed by atoms with E-state index in [1.54, 1.807) is 20.8 Å². The molecule has 0 aromatic carbocycles. The number of ketones is 1. The smallest absolute Gasteiger partial charge is 0.312 e. The fourth-order valence-electron chi connectivity index (χ4n) is 4.19. The molecule has 2 unspecified atom stereocenters. The normalized spacial score (nSPS) is 38.3. The molecule has 27 heavy (non-hydrogen) atoms. The third-order valence-electron chi connectivity index (χ3n) is 5.78. The van der Waals surface area contributed by atoms with Gasteiger partial charge in [-0.25, -0.2) is 0 Å². The molecule has 0 aliphatic carbocycles. The molecule has 3 aliphatic rings. The third-order valence-corrected chi connectivity index (χ3v) is 5.78. The van der Waals surface area contributed by atoms with Crippen molar-refractivity contribution < 1.29 is 33.3 Å². The SMILES string of the molecule is COCC1C(=O)O[C@@H]2C[C@H](C)C3=CC(=O)[C@@](C)(C[C@@H](OC(=O)C(C)C)C12)O3. The van der Waals surface area contributed by atoms with Crippen molar-refractivity contribution in [2.45, 2.75) is 58.3 Å². The minimum atomic E-state index is -1.11. The lowest BCUT2D eigenvalue weighted by molar-refractivity contribution is -0.163. The molecule has 0 aromatic rings. The van der Waals surface area contributed by atoms with Crippen LogP contribution in [-0.2, 0) is 33.3 Å². The first-order valence-corrected chi connectivity index (χ1v) is 9.51. The summed E-state index contributed by atoms with van der Waals surface area (Å²) in [5.41, 5.74) is -1.11. The van der Waals surface area contributed by atoms with Crippen molar-refractivity contribution in [3.8, 4) is 0 Å². The summed E-state index contributed by atoms with van der Waals surface area (Å²) in [6.45, 7) is 7.33. The van der Waals surface area contributed by atoms with Gasteiger partial charge in [0.15, 0.2) is 5.60 Å². The van der Waals surface area contributed by atoms with E-state index in [1.807, 2.05) is 6.92 Å². The van der Waals surface area contributed by atoms with Gasteiger partial charge in [0.25, 0.3) is 0 Å². The summed E-state index contributed by atoms with van der Waals surface area (Å²) in [6, 6.07) is 0. The minimum Gasteiger partial charge on any atom is -0.483 e. The summed E-state index contributed by atoms with van der Waals surface area (Å²) < 4.78 is 22.7. The van der Waals surface area contributed by atoms with Gasteiger partial charge in [0.2, 0.25) is 5.78 Å². The predicted molar refractivity (Wildman–Crippen MR) is 94.4 cm³/mol. The first kappa shape index (κ1) is 19.9. The molecule has 7 nitrogen and oxygen atoms in total. The molecule has 2 saturated heterocycles. The molecule has 3 aliphatic heterocycles. The maximum absolute atomic E-state index is 12.6. The second-order valence-corrected chi connectivity index (χ2v) is 8.33. The molecular weight excluding hydrogens is 352 g/mol. The van der Waals surface area contributed by atoms with Gasteiger partial charge in [0.05, 0.1) is 18.4 Å². The number of allylic oxidation sites excluding steroid dienone is 1. The van der Waals surface area contributed by atoms with Gasteiger partial charge in [-0.1, -0.05) is 20.8 Å². The van der Waals surface area contributed by atoms with Gasteiger partial charge in [-0.3, -0.25) is 14.4 Å². The Kier molecular flexibility index (Phi) is 5.34. The van der Waals surface area contributed by atoms with Gasteiger partial charge in [-0.15, -0.1) is 0 Å². The van der Waals surface area contributed by atoms with Crippen LogP contribution in [0.3, 0.4) is 0 Å². The van der Waals surface area contributed by atoms with Gasteiger partial charge in [0, 0.05) is 31.4 Å².